The maximum absolute atomic E-state index is 12.5. The van der Waals surface area contributed by atoms with Crippen LogP contribution in [0.25, 0.3) is 0 Å². The van der Waals surface area contributed by atoms with Gasteiger partial charge in [0.1, 0.15) is 0 Å². The first-order valence-electron chi connectivity index (χ1n) is 36.9. The second kappa shape index (κ2) is 71.3. The number of carbonyl (C=O) groups excluding carboxylic acids is 2. The largest absolute Gasteiger partial charge is 0.466 e. The van der Waals surface area contributed by atoms with Gasteiger partial charge in [-0.25, -0.2) is 0 Å². The fourth-order valence-electron chi connectivity index (χ4n) is 11.4. The van der Waals surface area contributed by atoms with Gasteiger partial charge in [0, 0.05) is 12.8 Å². The van der Waals surface area contributed by atoms with Gasteiger partial charge in [-0.05, 0) is 89.9 Å². The van der Waals surface area contributed by atoms with E-state index in [1.54, 1.807) is 6.08 Å². The molecule has 82 heavy (non-hydrogen) atoms. The summed E-state index contributed by atoms with van der Waals surface area (Å²) in [6, 6.07) is -0.629. The van der Waals surface area contributed by atoms with Crippen LogP contribution in [-0.2, 0) is 14.3 Å². The minimum Gasteiger partial charge on any atom is -0.466 e. The smallest absolute Gasteiger partial charge is 0.305 e. The summed E-state index contributed by atoms with van der Waals surface area (Å²) in [6.07, 6.45) is 93.4. The van der Waals surface area contributed by atoms with Crippen LogP contribution in [0.4, 0.5) is 0 Å². The Morgan fingerprint density at radius 3 is 0.939 bits per heavy atom. The molecule has 0 saturated heterocycles. The van der Waals surface area contributed by atoms with Crippen LogP contribution in [0.1, 0.15) is 399 Å². The number of aliphatic hydroxyl groups is 2. The van der Waals surface area contributed by atoms with Crippen LogP contribution in [0, 0.1) is 0 Å². The van der Waals surface area contributed by atoms with Crippen molar-refractivity contribution in [1.82, 2.24) is 5.32 Å². The van der Waals surface area contributed by atoms with Crippen molar-refractivity contribution in [3.05, 3.63) is 48.6 Å². The van der Waals surface area contributed by atoms with Gasteiger partial charge in [-0.2, -0.15) is 0 Å². The normalized spacial score (nSPS) is 12.8. The van der Waals surface area contributed by atoms with Gasteiger partial charge in [-0.1, -0.05) is 345 Å². The molecule has 0 bridgehead atoms. The molecule has 0 aliphatic carbocycles. The van der Waals surface area contributed by atoms with E-state index in [4.69, 9.17) is 4.74 Å². The second-order valence-corrected chi connectivity index (χ2v) is 25.3. The summed E-state index contributed by atoms with van der Waals surface area (Å²) in [5, 5.41) is 23.2. The zero-order chi connectivity index (χ0) is 59.2. The molecule has 0 aromatic heterocycles. The van der Waals surface area contributed by atoms with E-state index in [2.05, 4.69) is 55.6 Å². The molecule has 3 N–H and O–H groups in total. The number of amides is 1. The van der Waals surface area contributed by atoms with Gasteiger partial charge in [0.2, 0.25) is 5.91 Å². The van der Waals surface area contributed by atoms with Gasteiger partial charge >= 0.3 is 5.97 Å². The van der Waals surface area contributed by atoms with E-state index in [9.17, 15) is 19.8 Å². The van der Waals surface area contributed by atoms with E-state index in [0.717, 1.165) is 51.4 Å². The third-order valence-corrected chi connectivity index (χ3v) is 17.1. The Hall–Kier alpha value is -2.18. The third-order valence-electron chi connectivity index (χ3n) is 17.1. The van der Waals surface area contributed by atoms with Crippen LogP contribution < -0.4 is 5.32 Å². The fraction of sp³-hybridized carbons (Fsp3) is 0.868. The number of ether oxygens (including phenoxy) is 1. The Labute approximate surface area is 512 Å². The standard InChI is InChI=1S/C76H143NO5/c1-3-5-7-9-11-13-15-17-19-20-34-37-41-44-48-52-56-60-64-68-74(79)73(72-78)77-75(80)69-65-61-57-53-49-45-42-38-35-32-30-28-26-24-22-21-23-25-27-29-31-33-36-39-43-47-51-55-59-63-67-71-82-76(81)70-66-62-58-54-50-46-40-18-16-14-12-10-8-6-4-2/h18,23,25,29,31,40,64,68,73-74,78-79H,3-17,19-22,24,26-28,30,32-39,41-63,65-67,69-72H2,1-2H3,(H,77,80)/b25-23-,31-29-,40-18-,68-64+. The molecule has 482 valence electrons. The summed E-state index contributed by atoms with van der Waals surface area (Å²) >= 11 is 0. The maximum Gasteiger partial charge on any atom is 0.305 e. The molecule has 0 spiro atoms. The highest BCUT2D eigenvalue weighted by Gasteiger charge is 2.18. The van der Waals surface area contributed by atoms with Crippen molar-refractivity contribution < 1.29 is 24.5 Å². The van der Waals surface area contributed by atoms with Crippen molar-refractivity contribution in [3.8, 4) is 0 Å². The lowest BCUT2D eigenvalue weighted by atomic mass is 10.0. The molecule has 0 saturated carbocycles. The number of unbranched alkanes of at least 4 members (excludes halogenated alkanes) is 52. The minimum absolute atomic E-state index is 0.00520. The first-order valence-corrected chi connectivity index (χ1v) is 36.9. The highest BCUT2D eigenvalue weighted by atomic mass is 16.5. The number of rotatable bonds is 69. The molecular weight excluding hydrogens is 1010 g/mol. The van der Waals surface area contributed by atoms with Gasteiger partial charge in [-0.3, -0.25) is 9.59 Å². The molecule has 1 amide bonds. The predicted octanol–water partition coefficient (Wildman–Crippen LogP) is 24.0. The summed E-state index contributed by atoms with van der Waals surface area (Å²) in [7, 11) is 0. The molecule has 2 atom stereocenters. The Balaban J connectivity index is 3.42. The maximum atomic E-state index is 12.5. The zero-order valence-electron chi connectivity index (χ0n) is 55.2. The molecule has 6 heteroatoms. The molecule has 0 aliphatic rings. The molecule has 0 heterocycles. The summed E-state index contributed by atoms with van der Waals surface area (Å²) in [4.78, 5) is 24.6. The van der Waals surface area contributed by atoms with Crippen molar-refractivity contribution >= 4 is 11.9 Å². The van der Waals surface area contributed by atoms with E-state index < -0.39 is 12.1 Å². The number of aliphatic hydroxyl groups excluding tert-OH is 2. The monoisotopic (exact) mass is 1150 g/mol. The van der Waals surface area contributed by atoms with Crippen LogP contribution in [0.3, 0.4) is 0 Å². The number of nitrogens with one attached hydrogen (secondary N) is 1. The Morgan fingerprint density at radius 1 is 0.341 bits per heavy atom. The number of allylic oxidation sites excluding steroid dienone is 7. The molecule has 0 fully saturated rings. The van der Waals surface area contributed by atoms with Crippen molar-refractivity contribution in [2.24, 2.45) is 0 Å². The lowest BCUT2D eigenvalue weighted by Gasteiger charge is -2.20. The molecular formula is C76H143NO5. The first-order chi connectivity index (χ1) is 40.5. The van der Waals surface area contributed by atoms with E-state index in [-0.39, 0.29) is 18.5 Å². The summed E-state index contributed by atoms with van der Waals surface area (Å²) in [5.41, 5.74) is 0. The Kier molecular flexibility index (Phi) is 69.4. The Morgan fingerprint density at radius 2 is 0.610 bits per heavy atom. The van der Waals surface area contributed by atoms with Crippen molar-refractivity contribution in [3.63, 3.8) is 0 Å². The third kappa shape index (κ3) is 67.0. The van der Waals surface area contributed by atoms with Crippen LogP contribution in [0.2, 0.25) is 0 Å². The van der Waals surface area contributed by atoms with Crippen molar-refractivity contribution in [2.75, 3.05) is 13.2 Å². The SMILES string of the molecule is CCCCCCCC/C=C\CCCCCCCC(=O)OCCCCCCCCCCC/C=C\C/C=C\CCCCCCCCCCCCCCCCCC(=O)NC(CO)C(O)/C=C/CCCCCCCCCCCCCCCCCCC. The highest BCUT2D eigenvalue weighted by molar-refractivity contribution is 5.76. The average molecular weight is 1150 g/mol. The quantitative estimate of drug-likeness (QED) is 0.0320. The lowest BCUT2D eigenvalue weighted by molar-refractivity contribution is -0.143. The van der Waals surface area contributed by atoms with Crippen LogP contribution >= 0.6 is 0 Å². The van der Waals surface area contributed by atoms with E-state index in [1.165, 1.54) is 321 Å². The number of carbonyl (C=O) groups is 2. The summed E-state index contributed by atoms with van der Waals surface area (Å²) in [5.74, 6) is -0.0591. The number of esters is 1. The van der Waals surface area contributed by atoms with Crippen LogP contribution in [0.15, 0.2) is 48.6 Å². The molecule has 6 nitrogen and oxygen atoms in total. The molecule has 0 aliphatic heterocycles. The molecule has 2 unspecified atom stereocenters. The molecule has 0 rings (SSSR count). The fourth-order valence-corrected chi connectivity index (χ4v) is 11.4. The van der Waals surface area contributed by atoms with Gasteiger partial charge in [-0.15, -0.1) is 0 Å². The summed E-state index contributed by atoms with van der Waals surface area (Å²) in [6.45, 7) is 4.92. The van der Waals surface area contributed by atoms with Crippen molar-refractivity contribution in [2.45, 2.75) is 411 Å². The second-order valence-electron chi connectivity index (χ2n) is 25.3. The van der Waals surface area contributed by atoms with Gasteiger partial charge < -0.3 is 20.3 Å². The van der Waals surface area contributed by atoms with Crippen LogP contribution in [-0.4, -0.2) is 47.4 Å². The van der Waals surface area contributed by atoms with Gasteiger partial charge in [0.15, 0.2) is 0 Å². The first kappa shape index (κ1) is 79.8. The van der Waals surface area contributed by atoms with E-state index in [0.29, 0.717) is 19.4 Å². The predicted molar refractivity (Wildman–Crippen MR) is 361 cm³/mol. The minimum atomic E-state index is -0.845. The van der Waals surface area contributed by atoms with Gasteiger partial charge in [0.05, 0.1) is 25.4 Å². The van der Waals surface area contributed by atoms with Crippen molar-refractivity contribution in [1.29, 1.82) is 0 Å². The van der Waals surface area contributed by atoms with Gasteiger partial charge in [0.25, 0.3) is 0 Å². The van der Waals surface area contributed by atoms with E-state index >= 15 is 0 Å². The number of hydrogen-bond acceptors (Lipinski definition) is 5. The zero-order valence-corrected chi connectivity index (χ0v) is 55.2. The summed E-state index contributed by atoms with van der Waals surface area (Å²) < 4.78 is 5.49. The lowest BCUT2D eigenvalue weighted by Crippen LogP contribution is -2.45. The Bertz CT molecular complexity index is 1370. The molecule has 0 radical (unpaired) electrons. The van der Waals surface area contributed by atoms with Crippen LogP contribution in [0.5, 0.6) is 0 Å². The number of hydrogen-bond donors (Lipinski definition) is 3. The van der Waals surface area contributed by atoms with E-state index in [1.807, 2.05) is 6.08 Å². The molecule has 0 aromatic carbocycles. The average Bonchev–Trinajstić information content (AvgIpc) is 3.48. The topological polar surface area (TPSA) is 95.9 Å². The highest BCUT2D eigenvalue weighted by Crippen LogP contribution is 2.18. The molecule has 0 aromatic rings.